The molecule has 0 fully saturated rings. The zero-order chi connectivity index (χ0) is 16.7. The number of aryl methyl sites for hydroxylation is 1. The zero-order valence-corrected chi connectivity index (χ0v) is 14.8. The van der Waals surface area contributed by atoms with E-state index in [4.69, 9.17) is 21.7 Å². The summed E-state index contributed by atoms with van der Waals surface area (Å²) in [5, 5.41) is 4.32. The molecule has 0 unspecified atom stereocenters. The van der Waals surface area contributed by atoms with Crippen LogP contribution in [0.5, 0.6) is 5.75 Å². The molecule has 0 aliphatic heterocycles. The third-order valence-corrected chi connectivity index (χ3v) is 3.89. The van der Waals surface area contributed by atoms with Crippen LogP contribution in [-0.4, -0.2) is 53.2 Å². The summed E-state index contributed by atoms with van der Waals surface area (Å²) in [5.41, 5.74) is 1.20. The molecule has 2 rings (SSSR count). The SMILES string of the molecule is COCCn1cnn(CN(C)CCOc2cccc(C)c2)c1=S. The monoisotopic (exact) mass is 336 g/mol. The first-order valence-electron chi connectivity index (χ1n) is 7.59. The van der Waals surface area contributed by atoms with Gasteiger partial charge in [-0.25, -0.2) is 4.68 Å². The van der Waals surface area contributed by atoms with Crippen LogP contribution in [0.25, 0.3) is 0 Å². The van der Waals surface area contributed by atoms with Crippen molar-refractivity contribution in [2.24, 2.45) is 0 Å². The number of aromatic nitrogens is 3. The molecule has 0 atom stereocenters. The van der Waals surface area contributed by atoms with Crippen LogP contribution in [0.1, 0.15) is 5.56 Å². The van der Waals surface area contributed by atoms with E-state index in [1.165, 1.54) is 5.56 Å². The van der Waals surface area contributed by atoms with Crippen molar-refractivity contribution in [2.75, 3.05) is 33.9 Å². The van der Waals surface area contributed by atoms with Gasteiger partial charge in [0.25, 0.3) is 0 Å². The average molecular weight is 336 g/mol. The minimum Gasteiger partial charge on any atom is -0.492 e. The number of methoxy groups -OCH3 is 1. The number of likely N-dealkylation sites (N-methyl/N-ethyl adjacent to an activating group) is 1. The number of benzene rings is 1. The third kappa shape index (κ3) is 5.46. The van der Waals surface area contributed by atoms with Crippen molar-refractivity contribution in [2.45, 2.75) is 20.1 Å². The maximum atomic E-state index is 5.76. The van der Waals surface area contributed by atoms with Crippen LogP contribution in [0.2, 0.25) is 0 Å². The Hall–Kier alpha value is -1.70. The summed E-state index contributed by atoms with van der Waals surface area (Å²) >= 11 is 5.41. The number of nitrogens with zero attached hydrogens (tertiary/aromatic N) is 4. The van der Waals surface area contributed by atoms with Crippen LogP contribution < -0.4 is 4.74 Å². The summed E-state index contributed by atoms with van der Waals surface area (Å²) in [6, 6.07) is 8.06. The lowest BCUT2D eigenvalue weighted by atomic mass is 10.2. The van der Waals surface area contributed by atoms with Crippen molar-refractivity contribution < 1.29 is 9.47 Å². The highest BCUT2D eigenvalue weighted by Crippen LogP contribution is 2.12. The first-order valence-corrected chi connectivity index (χ1v) is 8.00. The van der Waals surface area contributed by atoms with E-state index in [-0.39, 0.29) is 0 Å². The molecule has 1 aromatic heterocycles. The van der Waals surface area contributed by atoms with Crippen molar-refractivity contribution in [1.29, 1.82) is 0 Å². The smallest absolute Gasteiger partial charge is 0.198 e. The zero-order valence-electron chi connectivity index (χ0n) is 13.9. The number of hydrogen-bond donors (Lipinski definition) is 0. The summed E-state index contributed by atoms with van der Waals surface area (Å²) in [7, 11) is 3.70. The molecule has 1 heterocycles. The standard InChI is InChI=1S/C16H24N4O2S/c1-14-5-4-6-15(11-14)22-10-7-18(2)13-20-16(23)19(12-17-20)8-9-21-3/h4-6,11-12H,7-10,13H2,1-3H3. The van der Waals surface area contributed by atoms with E-state index in [0.717, 1.165) is 18.8 Å². The van der Waals surface area contributed by atoms with Gasteiger partial charge in [0.05, 0.1) is 13.3 Å². The Labute approximate surface area is 142 Å². The average Bonchev–Trinajstić information content (AvgIpc) is 2.86. The van der Waals surface area contributed by atoms with E-state index in [0.29, 0.717) is 24.7 Å². The summed E-state index contributed by atoms with van der Waals surface area (Å²) in [6.07, 6.45) is 1.75. The predicted octanol–water partition coefficient (Wildman–Crippen LogP) is 2.34. The number of ether oxygens (including phenoxy) is 2. The van der Waals surface area contributed by atoms with Gasteiger partial charge in [-0.3, -0.25) is 4.90 Å². The molecule has 0 aliphatic rings. The molecular formula is C16H24N4O2S. The van der Waals surface area contributed by atoms with Crippen molar-refractivity contribution in [3.8, 4) is 5.75 Å². The Kier molecular flexibility index (Phi) is 6.76. The lowest BCUT2D eigenvalue weighted by Gasteiger charge is -2.17. The predicted molar refractivity (Wildman–Crippen MR) is 92.2 cm³/mol. The van der Waals surface area contributed by atoms with Crippen molar-refractivity contribution in [3.63, 3.8) is 0 Å². The van der Waals surface area contributed by atoms with Gasteiger partial charge in [-0.15, -0.1) is 0 Å². The van der Waals surface area contributed by atoms with Gasteiger partial charge in [0.2, 0.25) is 0 Å². The first kappa shape index (κ1) is 17.7. The Morgan fingerprint density at radius 1 is 1.30 bits per heavy atom. The van der Waals surface area contributed by atoms with Gasteiger partial charge in [0.1, 0.15) is 18.7 Å². The van der Waals surface area contributed by atoms with E-state index in [9.17, 15) is 0 Å². The lowest BCUT2D eigenvalue weighted by molar-refractivity contribution is 0.185. The van der Waals surface area contributed by atoms with Gasteiger partial charge >= 0.3 is 0 Å². The Balaban J connectivity index is 1.79. The van der Waals surface area contributed by atoms with Crippen molar-refractivity contribution >= 4 is 12.2 Å². The van der Waals surface area contributed by atoms with Gasteiger partial charge in [-0.05, 0) is 43.9 Å². The normalized spacial score (nSPS) is 11.1. The quantitative estimate of drug-likeness (QED) is 0.658. The second-order valence-corrected chi connectivity index (χ2v) is 5.85. The van der Waals surface area contributed by atoms with E-state index in [1.807, 2.05) is 29.8 Å². The molecule has 0 saturated heterocycles. The highest BCUT2D eigenvalue weighted by atomic mass is 32.1. The molecule has 0 N–H and O–H groups in total. The van der Waals surface area contributed by atoms with Crippen LogP contribution in [0, 0.1) is 11.7 Å². The summed E-state index contributed by atoms with van der Waals surface area (Å²) in [4.78, 5) is 2.12. The second-order valence-electron chi connectivity index (χ2n) is 5.49. The Morgan fingerprint density at radius 3 is 2.87 bits per heavy atom. The fraction of sp³-hybridized carbons (Fsp3) is 0.500. The largest absolute Gasteiger partial charge is 0.492 e. The molecule has 0 amide bonds. The number of rotatable bonds is 9. The number of hydrogen-bond acceptors (Lipinski definition) is 5. The van der Waals surface area contributed by atoms with E-state index < -0.39 is 0 Å². The van der Waals surface area contributed by atoms with Gasteiger partial charge in [-0.1, -0.05) is 12.1 Å². The van der Waals surface area contributed by atoms with Gasteiger partial charge in [0, 0.05) is 20.2 Å². The fourth-order valence-corrected chi connectivity index (χ4v) is 2.38. The topological polar surface area (TPSA) is 44.5 Å². The first-order chi connectivity index (χ1) is 11.1. The molecule has 1 aromatic carbocycles. The Morgan fingerprint density at radius 2 is 2.13 bits per heavy atom. The fourth-order valence-electron chi connectivity index (χ4n) is 2.14. The maximum Gasteiger partial charge on any atom is 0.198 e. The van der Waals surface area contributed by atoms with E-state index in [2.05, 4.69) is 23.0 Å². The summed E-state index contributed by atoms with van der Waals surface area (Å²) < 4.78 is 15.2. The molecule has 0 aliphatic carbocycles. The van der Waals surface area contributed by atoms with Crippen molar-refractivity contribution in [3.05, 3.63) is 40.9 Å². The van der Waals surface area contributed by atoms with E-state index >= 15 is 0 Å². The molecule has 0 spiro atoms. The molecule has 0 bridgehead atoms. The van der Waals surface area contributed by atoms with Gasteiger partial charge < -0.3 is 14.0 Å². The second kappa shape index (κ2) is 8.81. The molecule has 23 heavy (non-hydrogen) atoms. The summed E-state index contributed by atoms with van der Waals surface area (Å²) in [6.45, 7) is 5.45. The van der Waals surface area contributed by atoms with Gasteiger partial charge in [-0.2, -0.15) is 5.10 Å². The molecule has 0 radical (unpaired) electrons. The van der Waals surface area contributed by atoms with Gasteiger partial charge in [0.15, 0.2) is 4.77 Å². The third-order valence-electron chi connectivity index (χ3n) is 3.44. The molecule has 2 aromatic rings. The molecular weight excluding hydrogens is 312 g/mol. The van der Waals surface area contributed by atoms with E-state index in [1.54, 1.807) is 18.1 Å². The lowest BCUT2D eigenvalue weighted by Crippen LogP contribution is -2.27. The highest BCUT2D eigenvalue weighted by Gasteiger charge is 2.05. The maximum absolute atomic E-state index is 5.76. The minimum absolute atomic E-state index is 0.623. The van der Waals surface area contributed by atoms with Crippen LogP contribution in [-0.2, 0) is 18.0 Å². The summed E-state index contributed by atoms with van der Waals surface area (Å²) in [5.74, 6) is 0.902. The molecule has 7 heteroatoms. The van der Waals surface area contributed by atoms with Crippen LogP contribution in [0.3, 0.4) is 0 Å². The Bertz CT molecular complexity index is 668. The minimum atomic E-state index is 0.623. The van der Waals surface area contributed by atoms with Crippen molar-refractivity contribution in [1.82, 2.24) is 19.2 Å². The molecule has 126 valence electrons. The van der Waals surface area contributed by atoms with Crippen LogP contribution in [0.15, 0.2) is 30.6 Å². The highest BCUT2D eigenvalue weighted by molar-refractivity contribution is 7.71. The molecule has 0 saturated carbocycles. The molecule has 6 nitrogen and oxygen atoms in total. The van der Waals surface area contributed by atoms with Crippen LogP contribution in [0.4, 0.5) is 0 Å². The van der Waals surface area contributed by atoms with Crippen LogP contribution >= 0.6 is 12.2 Å².